The Morgan fingerprint density at radius 3 is 2.60 bits per heavy atom. The highest BCUT2D eigenvalue weighted by Gasteiger charge is 2.49. The molecular formula is C14H15BrCl2N2O. The molecule has 2 fully saturated rings. The van der Waals surface area contributed by atoms with E-state index in [9.17, 15) is 4.79 Å². The number of carbonyl (C=O) groups is 1. The highest BCUT2D eigenvalue weighted by Crippen LogP contribution is 2.48. The van der Waals surface area contributed by atoms with E-state index in [0.29, 0.717) is 32.0 Å². The second-order valence-corrected chi connectivity index (χ2v) is 7.26. The number of nitrogens with two attached hydrogens (primary N) is 1. The molecule has 2 aliphatic rings. The number of fused-ring (bicyclic) bond motifs is 2. The van der Waals surface area contributed by atoms with Crippen LogP contribution >= 0.6 is 39.1 Å². The van der Waals surface area contributed by atoms with Crippen molar-refractivity contribution in [1.29, 1.82) is 0 Å². The molecule has 108 valence electrons. The van der Waals surface area contributed by atoms with Gasteiger partial charge in [-0.15, -0.1) is 0 Å². The summed E-state index contributed by atoms with van der Waals surface area (Å²) < 4.78 is 0.707. The van der Waals surface area contributed by atoms with Gasteiger partial charge in [-0.25, -0.2) is 0 Å². The molecule has 20 heavy (non-hydrogen) atoms. The van der Waals surface area contributed by atoms with Crippen molar-refractivity contribution in [1.82, 2.24) is 0 Å². The summed E-state index contributed by atoms with van der Waals surface area (Å²) in [6.45, 7) is 0. The number of hydrogen-bond donors (Lipinski definition) is 2. The first-order chi connectivity index (χ1) is 9.49. The Morgan fingerprint density at radius 2 is 1.95 bits per heavy atom. The molecule has 4 unspecified atom stereocenters. The van der Waals surface area contributed by atoms with Gasteiger partial charge in [-0.05, 0) is 59.2 Å². The van der Waals surface area contributed by atoms with Gasteiger partial charge in [0.05, 0.1) is 21.7 Å². The maximum atomic E-state index is 12.5. The van der Waals surface area contributed by atoms with Crippen LogP contribution in [0.2, 0.25) is 10.0 Å². The third kappa shape index (κ3) is 2.37. The number of halogens is 3. The van der Waals surface area contributed by atoms with Gasteiger partial charge in [-0.3, -0.25) is 4.79 Å². The highest BCUT2D eigenvalue weighted by atomic mass is 79.9. The van der Waals surface area contributed by atoms with Crippen LogP contribution in [0.3, 0.4) is 0 Å². The predicted octanol–water partition coefficient (Wildman–Crippen LogP) is 4.07. The topological polar surface area (TPSA) is 55.1 Å². The Hall–Kier alpha value is -0.290. The molecule has 1 aromatic rings. The zero-order valence-electron chi connectivity index (χ0n) is 10.7. The summed E-state index contributed by atoms with van der Waals surface area (Å²) in [5.74, 6) is 0.775. The molecule has 6 heteroatoms. The minimum atomic E-state index is -0.104. The molecule has 0 aliphatic heterocycles. The van der Waals surface area contributed by atoms with Crippen LogP contribution < -0.4 is 11.1 Å². The maximum Gasteiger partial charge on any atom is 0.229 e. The average Bonchev–Trinajstić information content (AvgIpc) is 3.00. The van der Waals surface area contributed by atoms with Gasteiger partial charge < -0.3 is 11.1 Å². The van der Waals surface area contributed by atoms with Gasteiger partial charge in [0.2, 0.25) is 5.91 Å². The first kappa shape index (κ1) is 14.6. The summed E-state index contributed by atoms with van der Waals surface area (Å²) in [7, 11) is 0. The van der Waals surface area contributed by atoms with E-state index in [1.165, 1.54) is 0 Å². The first-order valence-corrected chi connectivity index (χ1v) is 8.24. The number of anilines is 1. The minimum absolute atomic E-state index is 0.0292. The normalized spacial score (nSPS) is 31.6. The third-order valence-corrected chi connectivity index (χ3v) is 6.35. The smallest absolute Gasteiger partial charge is 0.229 e. The fraction of sp³-hybridized carbons (Fsp3) is 0.500. The summed E-state index contributed by atoms with van der Waals surface area (Å²) >= 11 is 15.5. The zero-order chi connectivity index (χ0) is 14.4. The number of benzene rings is 1. The Kier molecular flexibility index (Phi) is 4.01. The SMILES string of the molecule is NC1C2CCC(C2)C1C(=O)Nc1ccc(Br)c(Cl)c1Cl. The number of rotatable bonds is 2. The standard InChI is InChI=1S/C14H15BrCl2N2O/c15-8-3-4-9(12(17)11(8)16)19-14(20)10-6-1-2-7(5-6)13(10)18/h3-4,6-7,10,13H,1-2,5,18H2,(H,19,20). The maximum absolute atomic E-state index is 12.5. The Morgan fingerprint density at radius 1 is 1.25 bits per heavy atom. The second kappa shape index (κ2) is 5.48. The Bertz CT molecular complexity index is 564. The molecule has 0 saturated heterocycles. The molecule has 3 N–H and O–H groups in total. The van der Waals surface area contributed by atoms with Crippen molar-refractivity contribution in [3.63, 3.8) is 0 Å². The summed E-state index contributed by atoms with van der Waals surface area (Å²) in [5.41, 5.74) is 6.72. The lowest BCUT2D eigenvalue weighted by molar-refractivity contribution is -0.121. The number of amides is 1. The molecular weight excluding hydrogens is 363 g/mol. The zero-order valence-corrected chi connectivity index (χ0v) is 13.8. The molecule has 2 aliphatic carbocycles. The van der Waals surface area contributed by atoms with Crippen molar-refractivity contribution in [2.24, 2.45) is 23.5 Å². The van der Waals surface area contributed by atoms with Gasteiger partial charge >= 0.3 is 0 Å². The van der Waals surface area contributed by atoms with E-state index in [-0.39, 0.29) is 17.9 Å². The van der Waals surface area contributed by atoms with Crippen molar-refractivity contribution in [2.75, 3.05) is 5.32 Å². The number of hydrogen-bond acceptors (Lipinski definition) is 2. The van der Waals surface area contributed by atoms with E-state index < -0.39 is 0 Å². The van der Waals surface area contributed by atoms with Crippen LogP contribution in [0.1, 0.15) is 19.3 Å². The van der Waals surface area contributed by atoms with Crippen molar-refractivity contribution in [3.8, 4) is 0 Å². The van der Waals surface area contributed by atoms with E-state index >= 15 is 0 Å². The van der Waals surface area contributed by atoms with Gasteiger partial charge in [0.25, 0.3) is 0 Å². The van der Waals surface area contributed by atoms with Crippen LogP contribution in [-0.4, -0.2) is 11.9 Å². The second-order valence-electron chi connectivity index (χ2n) is 5.65. The van der Waals surface area contributed by atoms with Crippen LogP contribution in [-0.2, 0) is 4.79 Å². The quantitative estimate of drug-likeness (QED) is 0.763. The van der Waals surface area contributed by atoms with Gasteiger partial charge in [0.1, 0.15) is 0 Å². The molecule has 3 nitrogen and oxygen atoms in total. The van der Waals surface area contributed by atoms with Crippen molar-refractivity contribution < 1.29 is 4.79 Å². The van der Waals surface area contributed by atoms with E-state index in [1.54, 1.807) is 12.1 Å². The summed E-state index contributed by atoms with van der Waals surface area (Å²) in [6.07, 6.45) is 3.33. The van der Waals surface area contributed by atoms with E-state index in [1.807, 2.05) is 0 Å². The van der Waals surface area contributed by atoms with Crippen LogP contribution in [0.25, 0.3) is 0 Å². The van der Waals surface area contributed by atoms with Gasteiger partial charge in [-0.1, -0.05) is 23.2 Å². The Labute approximate surface area is 136 Å². The highest BCUT2D eigenvalue weighted by molar-refractivity contribution is 9.10. The van der Waals surface area contributed by atoms with E-state index in [0.717, 1.165) is 19.3 Å². The molecule has 0 heterocycles. The van der Waals surface area contributed by atoms with E-state index in [4.69, 9.17) is 28.9 Å². The number of carbonyl (C=O) groups excluding carboxylic acids is 1. The molecule has 3 rings (SSSR count). The molecule has 2 bridgehead atoms. The fourth-order valence-electron chi connectivity index (χ4n) is 3.56. The molecule has 0 radical (unpaired) electrons. The van der Waals surface area contributed by atoms with Gasteiger partial charge in [-0.2, -0.15) is 0 Å². The lowest BCUT2D eigenvalue weighted by Gasteiger charge is -2.27. The van der Waals surface area contributed by atoms with Crippen LogP contribution in [0.5, 0.6) is 0 Å². The molecule has 0 aromatic heterocycles. The average molecular weight is 378 g/mol. The van der Waals surface area contributed by atoms with Crippen molar-refractivity contribution >= 4 is 50.7 Å². The van der Waals surface area contributed by atoms with Gasteiger partial charge in [0, 0.05) is 10.5 Å². The Balaban J connectivity index is 1.78. The van der Waals surface area contributed by atoms with Crippen LogP contribution in [0.15, 0.2) is 16.6 Å². The number of nitrogens with one attached hydrogen (secondary N) is 1. The minimum Gasteiger partial charge on any atom is -0.327 e. The molecule has 2 saturated carbocycles. The molecule has 1 aromatic carbocycles. The third-order valence-electron chi connectivity index (χ3n) is 4.58. The lowest BCUT2D eigenvalue weighted by Crippen LogP contribution is -2.42. The van der Waals surface area contributed by atoms with Crippen LogP contribution in [0, 0.1) is 17.8 Å². The fourth-order valence-corrected chi connectivity index (χ4v) is 4.38. The lowest BCUT2D eigenvalue weighted by atomic mass is 9.84. The monoisotopic (exact) mass is 376 g/mol. The predicted molar refractivity (Wildman–Crippen MR) is 85.1 cm³/mol. The van der Waals surface area contributed by atoms with E-state index in [2.05, 4.69) is 21.2 Å². The summed E-state index contributed by atoms with van der Waals surface area (Å²) in [6, 6.07) is 3.48. The molecule has 4 atom stereocenters. The molecule has 1 amide bonds. The van der Waals surface area contributed by atoms with Gasteiger partial charge in [0.15, 0.2) is 0 Å². The first-order valence-electron chi connectivity index (χ1n) is 6.69. The summed E-state index contributed by atoms with van der Waals surface area (Å²) in [4.78, 5) is 12.5. The summed E-state index contributed by atoms with van der Waals surface area (Å²) in [5, 5.41) is 3.64. The van der Waals surface area contributed by atoms with Crippen molar-refractivity contribution in [3.05, 3.63) is 26.7 Å². The van der Waals surface area contributed by atoms with Crippen molar-refractivity contribution in [2.45, 2.75) is 25.3 Å². The molecule has 0 spiro atoms. The van der Waals surface area contributed by atoms with Crippen LogP contribution in [0.4, 0.5) is 5.69 Å². The largest absolute Gasteiger partial charge is 0.327 e.